The second kappa shape index (κ2) is 5.13. The van der Waals surface area contributed by atoms with Crippen LogP contribution in [0.1, 0.15) is 31.9 Å². The van der Waals surface area contributed by atoms with Crippen LogP contribution < -0.4 is 4.72 Å². The zero-order valence-corrected chi connectivity index (χ0v) is 13.2. The van der Waals surface area contributed by atoms with E-state index in [-0.39, 0.29) is 4.75 Å². The molecule has 1 N–H and O–H groups in total. The molecule has 1 aromatic heterocycles. The summed E-state index contributed by atoms with van der Waals surface area (Å²) in [5.74, 6) is 0. The van der Waals surface area contributed by atoms with Crippen LogP contribution in [0.5, 0.6) is 0 Å². The van der Waals surface area contributed by atoms with Crippen molar-refractivity contribution in [1.29, 1.82) is 0 Å². The monoisotopic (exact) mass is 302 g/mol. The van der Waals surface area contributed by atoms with E-state index < -0.39 is 16.5 Å². The van der Waals surface area contributed by atoms with Crippen LogP contribution in [0.2, 0.25) is 5.15 Å². The zero-order chi connectivity index (χ0) is 14.3. The first-order valence-electron chi connectivity index (χ1n) is 6.15. The maximum Gasteiger partial charge on any atom is 0.132 e. The second-order valence-electron chi connectivity index (χ2n) is 5.83. The standard InChI is InChI=1S/C13H19ClN2O2S/c1-9-10(5-6-15-11(9)14)13(7-18-8-13)16-19(17)12(2,3)4/h5-6,16H,7-8H2,1-4H3. The minimum absolute atomic E-state index is 0.326. The molecule has 0 radical (unpaired) electrons. The van der Waals surface area contributed by atoms with Crippen LogP contribution in [0.4, 0.5) is 0 Å². The first kappa shape index (κ1) is 14.9. The van der Waals surface area contributed by atoms with Gasteiger partial charge in [0.2, 0.25) is 0 Å². The number of halogens is 1. The summed E-state index contributed by atoms with van der Waals surface area (Å²) in [6, 6.07) is 1.91. The molecule has 6 heteroatoms. The summed E-state index contributed by atoms with van der Waals surface area (Å²) < 4.78 is 20.6. The molecule has 0 aliphatic carbocycles. The third-order valence-corrected chi connectivity index (χ3v) is 5.27. The Balaban J connectivity index is 2.33. The molecule has 1 aliphatic heterocycles. The lowest BCUT2D eigenvalue weighted by Gasteiger charge is -2.44. The molecule has 106 valence electrons. The fraction of sp³-hybridized carbons (Fsp3) is 0.615. The Morgan fingerprint density at radius 1 is 1.47 bits per heavy atom. The highest BCUT2D eigenvalue weighted by atomic mass is 35.5. The molecule has 2 rings (SSSR count). The summed E-state index contributed by atoms with van der Waals surface area (Å²) in [4.78, 5) is 4.06. The fourth-order valence-corrected chi connectivity index (χ4v) is 2.98. The number of aromatic nitrogens is 1. The summed E-state index contributed by atoms with van der Waals surface area (Å²) in [5, 5.41) is 0.479. The Morgan fingerprint density at radius 2 is 2.11 bits per heavy atom. The van der Waals surface area contributed by atoms with Crippen molar-refractivity contribution in [2.24, 2.45) is 0 Å². The first-order chi connectivity index (χ1) is 8.76. The number of hydrogen-bond donors (Lipinski definition) is 1. The van der Waals surface area contributed by atoms with E-state index in [1.54, 1.807) is 6.20 Å². The van der Waals surface area contributed by atoms with Crippen LogP contribution in [0, 0.1) is 6.92 Å². The smallest absolute Gasteiger partial charge is 0.132 e. The van der Waals surface area contributed by atoms with Crippen LogP contribution in [-0.2, 0) is 21.3 Å². The fourth-order valence-electron chi connectivity index (χ4n) is 1.93. The molecular formula is C13H19ClN2O2S. The van der Waals surface area contributed by atoms with Gasteiger partial charge in [-0.05, 0) is 44.9 Å². The molecule has 1 unspecified atom stereocenters. The van der Waals surface area contributed by atoms with E-state index in [0.29, 0.717) is 18.4 Å². The van der Waals surface area contributed by atoms with E-state index >= 15 is 0 Å². The lowest BCUT2D eigenvalue weighted by Crippen LogP contribution is -2.60. The molecule has 0 saturated carbocycles. The van der Waals surface area contributed by atoms with Gasteiger partial charge in [-0.3, -0.25) is 0 Å². The third-order valence-electron chi connectivity index (χ3n) is 3.20. The van der Waals surface area contributed by atoms with E-state index in [4.69, 9.17) is 16.3 Å². The van der Waals surface area contributed by atoms with Crippen LogP contribution in [0.15, 0.2) is 12.3 Å². The van der Waals surface area contributed by atoms with Crippen molar-refractivity contribution >= 4 is 22.6 Å². The van der Waals surface area contributed by atoms with Crippen molar-refractivity contribution in [2.45, 2.75) is 38.0 Å². The Labute approximate surface area is 121 Å². The van der Waals surface area contributed by atoms with E-state index in [0.717, 1.165) is 11.1 Å². The van der Waals surface area contributed by atoms with Crippen molar-refractivity contribution < 1.29 is 8.95 Å². The highest BCUT2D eigenvalue weighted by Gasteiger charge is 2.44. The molecule has 4 nitrogen and oxygen atoms in total. The first-order valence-corrected chi connectivity index (χ1v) is 7.68. The molecule has 0 amide bonds. The zero-order valence-electron chi connectivity index (χ0n) is 11.6. The normalized spacial score (nSPS) is 19.8. The van der Waals surface area contributed by atoms with Gasteiger partial charge in [0, 0.05) is 6.20 Å². The van der Waals surface area contributed by atoms with E-state index in [9.17, 15) is 4.21 Å². The van der Waals surface area contributed by atoms with E-state index in [2.05, 4.69) is 9.71 Å². The third kappa shape index (κ3) is 2.84. The summed E-state index contributed by atoms with van der Waals surface area (Å²) in [5.41, 5.74) is 1.50. The summed E-state index contributed by atoms with van der Waals surface area (Å²) >= 11 is 6.07. The van der Waals surface area contributed by atoms with Gasteiger partial charge in [-0.15, -0.1) is 0 Å². The van der Waals surface area contributed by atoms with Crippen molar-refractivity contribution in [2.75, 3.05) is 13.2 Å². The summed E-state index contributed by atoms with van der Waals surface area (Å²) in [7, 11) is -1.16. The Kier molecular flexibility index (Phi) is 4.02. The van der Waals surface area contributed by atoms with Crippen molar-refractivity contribution in [1.82, 2.24) is 9.71 Å². The molecule has 1 aliphatic rings. The highest BCUT2D eigenvalue weighted by molar-refractivity contribution is 7.84. The highest BCUT2D eigenvalue weighted by Crippen LogP contribution is 2.34. The van der Waals surface area contributed by atoms with Gasteiger partial charge >= 0.3 is 0 Å². The number of rotatable bonds is 3. The van der Waals surface area contributed by atoms with Gasteiger partial charge in [0.15, 0.2) is 0 Å². The molecule has 1 saturated heterocycles. The number of pyridine rings is 1. The number of ether oxygens (including phenoxy) is 1. The van der Waals surface area contributed by atoms with Crippen molar-refractivity contribution in [3.8, 4) is 0 Å². The Morgan fingerprint density at radius 3 is 2.58 bits per heavy atom. The van der Waals surface area contributed by atoms with Crippen LogP contribution in [-0.4, -0.2) is 27.2 Å². The quantitative estimate of drug-likeness (QED) is 0.872. The Bertz CT molecular complexity index is 510. The molecule has 19 heavy (non-hydrogen) atoms. The van der Waals surface area contributed by atoms with E-state index in [1.165, 1.54) is 0 Å². The van der Waals surface area contributed by atoms with Crippen LogP contribution >= 0.6 is 11.6 Å². The van der Waals surface area contributed by atoms with Gasteiger partial charge in [-0.2, -0.15) is 0 Å². The molecule has 2 heterocycles. The average Bonchev–Trinajstić information content (AvgIpc) is 2.26. The van der Waals surface area contributed by atoms with Gasteiger partial charge in [-0.1, -0.05) is 11.6 Å². The number of nitrogens with one attached hydrogen (secondary N) is 1. The minimum Gasteiger partial charge on any atom is -0.377 e. The number of hydrogen-bond acceptors (Lipinski definition) is 3. The lowest BCUT2D eigenvalue weighted by molar-refractivity contribution is -0.0662. The summed E-state index contributed by atoms with van der Waals surface area (Å²) in [6.07, 6.45) is 1.67. The molecular weight excluding hydrogens is 284 g/mol. The van der Waals surface area contributed by atoms with Gasteiger partial charge in [0.25, 0.3) is 0 Å². The van der Waals surface area contributed by atoms with Crippen LogP contribution in [0.25, 0.3) is 0 Å². The molecule has 0 bridgehead atoms. The van der Waals surface area contributed by atoms with Crippen molar-refractivity contribution in [3.05, 3.63) is 28.5 Å². The number of nitrogens with zero attached hydrogens (tertiary/aromatic N) is 1. The van der Waals surface area contributed by atoms with Crippen LogP contribution in [0.3, 0.4) is 0 Å². The predicted octanol–water partition coefficient (Wildman–Crippen LogP) is 2.32. The molecule has 1 fully saturated rings. The maximum absolute atomic E-state index is 12.3. The topological polar surface area (TPSA) is 51.2 Å². The predicted molar refractivity (Wildman–Crippen MR) is 77.5 cm³/mol. The van der Waals surface area contributed by atoms with Gasteiger partial charge < -0.3 is 4.74 Å². The molecule has 1 atom stereocenters. The van der Waals surface area contributed by atoms with Gasteiger partial charge in [0.1, 0.15) is 10.7 Å². The lowest BCUT2D eigenvalue weighted by atomic mass is 9.87. The maximum atomic E-state index is 12.3. The Hall–Kier alpha value is -0.490. The SMILES string of the molecule is Cc1c(C2(NS(=O)C(C)(C)C)COC2)ccnc1Cl. The largest absolute Gasteiger partial charge is 0.377 e. The summed E-state index contributed by atoms with van der Waals surface area (Å²) in [6.45, 7) is 8.74. The second-order valence-corrected chi connectivity index (χ2v) is 8.16. The van der Waals surface area contributed by atoms with Crippen molar-refractivity contribution in [3.63, 3.8) is 0 Å². The molecule has 0 spiro atoms. The average molecular weight is 303 g/mol. The molecule has 0 aromatic carbocycles. The van der Waals surface area contributed by atoms with Gasteiger partial charge in [-0.25, -0.2) is 13.9 Å². The minimum atomic E-state index is -1.16. The molecule has 1 aromatic rings. The van der Waals surface area contributed by atoms with Gasteiger partial charge in [0.05, 0.1) is 28.9 Å². The van der Waals surface area contributed by atoms with E-state index in [1.807, 2.05) is 33.8 Å².